The molecular weight excluding hydrogens is 551 g/mol. The van der Waals surface area contributed by atoms with Crippen LogP contribution < -0.4 is 0 Å². The first kappa shape index (κ1) is 26.8. The standard InChI is InChI=1S/C25H32BrFN4O4S/c1-5-20-22-19(28-30(20)4)15-29(3)36(33,34)14-8-13-31-23-17(10-11-18(27)21(22)23)16(9-7-12-26)24(31)25(32)35-6-2/h10-11H,5-9,12-15H2,1-4H3. The molecule has 0 bridgehead atoms. The highest BCUT2D eigenvalue weighted by Crippen LogP contribution is 2.41. The number of aryl methyl sites for hydroxylation is 3. The quantitative estimate of drug-likeness (QED) is 0.317. The van der Waals surface area contributed by atoms with Crippen LogP contribution in [-0.2, 0) is 47.7 Å². The van der Waals surface area contributed by atoms with Crippen molar-refractivity contribution < 1.29 is 22.3 Å². The number of ether oxygens (including phenoxy) is 1. The van der Waals surface area contributed by atoms with E-state index in [1.165, 1.54) is 17.4 Å². The molecule has 1 aliphatic rings. The maximum Gasteiger partial charge on any atom is 0.355 e. The molecule has 11 heteroatoms. The summed E-state index contributed by atoms with van der Waals surface area (Å²) in [6, 6.07) is 3.16. The number of esters is 1. The van der Waals surface area contributed by atoms with Crippen LogP contribution in [0.4, 0.5) is 4.39 Å². The van der Waals surface area contributed by atoms with Crippen molar-refractivity contribution in [2.24, 2.45) is 7.05 Å². The zero-order valence-electron chi connectivity index (χ0n) is 21.1. The van der Waals surface area contributed by atoms with Crippen LogP contribution in [0.25, 0.3) is 22.0 Å². The van der Waals surface area contributed by atoms with Gasteiger partial charge >= 0.3 is 5.97 Å². The number of carbonyl (C=O) groups excluding carboxylic acids is 1. The number of rotatable bonds is 6. The number of carbonyl (C=O) groups is 1. The van der Waals surface area contributed by atoms with E-state index in [1.807, 2.05) is 6.92 Å². The third-order valence-electron chi connectivity index (χ3n) is 6.76. The monoisotopic (exact) mass is 582 g/mol. The zero-order valence-corrected chi connectivity index (χ0v) is 23.5. The summed E-state index contributed by atoms with van der Waals surface area (Å²) in [5.41, 5.74) is 3.99. The van der Waals surface area contributed by atoms with Gasteiger partial charge in [-0.15, -0.1) is 0 Å². The Labute approximate surface area is 219 Å². The van der Waals surface area contributed by atoms with Gasteiger partial charge in [-0.3, -0.25) is 4.68 Å². The predicted octanol–water partition coefficient (Wildman–Crippen LogP) is 4.41. The Hall–Kier alpha value is -2.24. The first-order valence-corrected chi connectivity index (χ1v) is 14.9. The molecule has 0 amide bonds. The maximum atomic E-state index is 15.9. The minimum Gasteiger partial charge on any atom is -0.461 e. The van der Waals surface area contributed by atoms with E-state index >= 15 is 4.39 Å². The Morgan fingerprint density at radius 2 is 1.97 bits per heavy atom. The number of sulfonamides is 1. The molecule has 0 spiro atoms. The largest absolute Gasteiger partial charge is 0.461 e. The third-order valence-corrected chi connectivity index (χ3v) is 9.21. The van der Waals surface area contributed by atoms with Crippen LogP contribution in [0.3, 0.4) is 0 Å². The van der Waals surface area contributed by atoms with E-state index in [0.29, 0.717) is 40.9 Å². The van der Waals surface area contributed by atoms with Crippen molar-refractivity contribution in [2.75, 3.05) is 24.7 Å². The van der Waals surface area contributed by atoms with Crippen molar-refractivity contribution in [3.8, 4) is 11.1 Å². The van der Waals surface area contributed by atoms with E-state index in [-0.39, 0.29) is 31.9 Å². The van der Waals surface area contributed by atoms with Crippen LogP contribution in [-0.4, -0.2) is 57.8 Å². The van der Waals surface area contributed by atoms with Crippen molar-refractivity contribution in [1.82, 2.24) is 18.7 Å². The maximum absolute atomic E-state index is 15.9. The number of halogens is 2. The molecular formula is C25H32BrFN4O4S. The highest BCUT2D eigenvalue weighted by atomic mass is 79.9. The number of benzene rings is 1. The van der Waals surface area contributed by atoms with E-state index in [0.717, 1.165) is 28.4 Å². The number of aromatic nitrogens is 3. The Balaban J connectivity index is 2.17. The van der Waals surface area contributed by atoms with E-state index < -0.39 is 21.8 Å². The highest BCUT2D eigenvalue weighted by Gasteiger charge is 2.32. The molecule has 0 aliphatic carbocycles. The van der Waals surface area contributed by atoms with E-state index in [4.69, 9.17) is 4.74 Å². The van der Waals surface area contributed by atoms with Crippen molar-refractivity contribution in [3.05, 3.63) is 40.6 Å². The number of alkyl halides is 1. The van der Waals surface area contributed by atoms with Crippen molar-refractivity contribution in [2.45, 2.75) is 52.6 Å². The van der Waals surface area contributed by atoms with Gasteiger partial charge < -0.3 is 9.30 Å². The molecule has 0 saturated carbocycles. The summed E-state index contributed by atoms with van der Waals surface area (Å²) in [5.74, 6) is -1.02. The summed E-state index contributed by atoms with van der Waals surface area (Å²) in [4.78, 5) is 13.3. The summed E-state index contributed by atoms with van der Waals surface area (Å²) in [5, 5.41) is 6.15. The number of nitrogens with zero attached hydrogens (tertiary/aromatic N) is 4. The fourth-order valence-corrected chi connectivity index (χ4v) is 6.58. The Kier molecular flexibility index (Phi) is 7.92. The summed E-state index contributed by atoms with van der Waals surface area (Å²) >= 11 is 3.48. The smallest absolute Gasteiger partial charge is 0.355 e. The molecule has 1 aromatic carbocycles. The first-order chi connectivity index (χ1) is 17.2. The second-order valence-corrected chi connectivity index (χ2v) is 12.0. The summed E-state index contributed by atoms with van der Waals surface area (Å²) in [7, 11) is -0.281. The summed E-state index contributed by atoms with van der Waals surface area (Å²) in [6.07, 6.45) is 2.21. The van der Waals surface area contributed by atoms with Crippen molar-refractivity contribution in [3.63, 3.8) is 0 Å². The molecule has 0 unspecified atom stereocenters. The molecule has 0 atom stereocenters. The second kappa shape index (κ2) is 10.6. The highest BCUT2D eigenvalue weighted by molar-refractivity contribution is 9.09. The second-order valence-electron chi connectivity index (χ2n) is 8.98. The van der Waals surface area contributed by atoms with Gasteiger partial charge in [-0.1, -0.05) is 22.9 Å². The van der Waals surface area contributed by atoms with Crippen LogP contribution in [0, 0.1) is 5.82 Å². The van der Waals surface area contributed by atoms with Gasteiger partial charge in [-0.05, 0) is 50.3 Å². The predicted molar refractivity (Wildman–Crippen MR) is 141 cm³/mol. The normalized spacial score (nSPS) is 16.1. The molecule has 0 N–H and O–H groups in total. The van der Waals surface area contributed by atoms with Gasteiger partial charge in [-0.2, -0.15) is 9.40 Å². The van der Waals surface area contributed by atoms with E-state index in [9.17, 15) is 13.2 Å². The number of hydrogen-bond acceptors (Lipinski definition) is 5. The zero-order chi connectivity index (χ0) is 26.2. The molecule has 3 aromatic rings. The molecule has 0 saturated heterocycles. The molecule has 196 valence electrons. The summed E-state index contributed by atoms with van der Waals surface area (Å²) in [6.45, 7) is 4.17. The van der Waals surface area contributed by atoms with Crippen LogP contribution in [0.2, 0.25) is 0 Å². The van der Waals surface area contributed by atoms with Gasteiger partial charge in [0.25, 0.3) is 0 Å². The van der Waals surface area contributed by atoms with E-state index in [2.05, 4.69) is 21.0 Å². The van der Waals surface area contributed by atoms with Crippen LogP contribution in [0.1, 0.15) is 54.1 Å². The van der Waals surface area contributed by atoms with Gasteiger partial charge in [-0.25, -0.2) is 17.6 Å². The topological polar surface area (TPSA) is 86.4 Å². The Morgan fingerprint density at radius 3 is 2.64 bits per heavy atom. The fourth-order valence-electron chi connectivity index (χ4n) is 5.18. The molecule has 0 radical (unpaired) electrons. The van der Waals surface area contributed by atoms with Crippen molar-refractivity contribution in [1.29, 1.82) is 0 Å². The lowest BCUT2D eigenvalue weighted by Crippen LogP contribution is -2.29. The Morgan fingerprint density at radius 1 is 1.22 bits per heavy atom. The van der Waals surface area contributed by atoms with Crippen LogP contribution >= 0.6 is 15.9 Å². The average Bonchev–Trinajstić information content (AvgIpc) is 3.30. The lowest BCUT2D eigenvalue weighted by molar-refractivity contribution is 0.0513. The fraction of sp³-hybridized carbons (Fsp3) is 0.520. The number of hydrogen-bond donors (Lipinski definition) is 0. The molecule has 4 rings (SSSR count). The van der Waals surface area contributed by atoms with Crippen LogP contribution in [0.15, 0.2) is 12.1 Å². The van der Waals surface area contributed by atoms with Gasteiger partial charge in [0.1, 0.15) is 11.5 Å². The number of fused-ring (bicyclic) bond motifs is 2. The van der Waals surface area contributed by atoms with Gasteiger partial charge in [0, 0.05) is 48.2 Å². The molecule has 2 aromatic heterocycles. The molecule has 36 heavy (non-hydrogen) atoms. The molecule has 3 heterocycles. The third kappa shape index (κ3) is 4.61. The van der Waals surface area contributed by atoms with Gasteiger partial charge in [0.15, 0.2) is 0 Å². The Bertz CT molecular complexity index is 1410. The SMILES string of the molecule is CCOC(=O)c1c(CCCBr)c2ccc(F)c3c2n1CCCS(=O)(=O)N(C)Cc1nn(C)c(CC)c1-3. The van der Waals surface area contributed by atoms with E-state index in [1.54, 1.807) is 29.3 Å². The minimum absolute atomic E-state index is 0.0310. The van der Waals surface area contributed by atoms with Gasteiger partial charge in [0.05, 0.1) is 30.1 Å². The first-order valence-electron chi connectivity index (χ1n) is 12.2. The summed E-state index contributed by atoms with van der Waals surface area (Å²) < 4.78 is 52.2. The lowest BCUT2D eigenvalue weighted by Gasteiger charge is -2.16. The van der Waals surface area contributed by atoms with Crippen LogP contribution in [0.5, 0.6) is 0 Å². The molecule has 1 aliphatic heterocycles. The van der Waals surface area contributed by atoms with Crippen molar-refractivity contribution >= 4 is 42.8 Å². The molecule has 8 nitrogen and oxygen atoms in total. The molecule has 0 fully saturated rings. The van der Waals surface area contributed by atoms with Gasteiger partial charge in [0.2, 0.25) is 10.0 Å². The minimum atomic E-state index is -3.59. The average molecular weight is 584 g/mol. The lowest BCUT2D eigenvalue weighted by atomic mass is 9.96.